The smallest absolute Gasteiger partial charge is 0.124 e. The van der Waals surface area contributed by atoms with E-state index in [4.69, 9.17) is 4.74 Å². The van der Waals surface area contributed by atoms with E-state index in [0.29, 0.717) is 5.92 Å². The second kappa shape index (κ2) is 5.72. The number of hydrogen-bond acceptors (Lipinski definition) is 3. The molecule has 0 spiro atoms. The molecule has 2 N–H and O–H groups in total. The van der Waals surface area contributed by atoms with Crippen LogP contribution in [0.3, 0.4) is 0 Å². The summed E-state index contributed by atoms with van der Waals surface area (Å²) in [6.45, 7) is 7.90. The van der Waals surface area contributed by atoms with E-state index in [9.17, 15) is 5.11 Å². The van der Waals surface area contributed by atoms with Gasteiger partial charge in [0.2, 0.25) is 0 Å². The van der Waals surface area contributed by atoms with Gasteiger partial charge in [-0.1, -0.05) is 26.0 Å². The zero-order chi connectivity index (χ0) is 13.9. The molecule has 0 radical (unpaired) electrons. The predicted octanol–water partition coefficient (Wildman–Crippen LogP) is 2.85. The molecule has 3 nitrogen and oxygen atoms in total. The van der Waals surface area contributed by atoms with Crippen LogP contribution in [0, 0.1) is 0 Å². The molecule has 0 saturated heterocycles. The molecule has 0 heterocycles. The van der Waals surface area contributed by atoms with Crippen LogP contribution in [0.1, 0.15) is 50.8 Å². The minimum Gasteiger partial charge on any atom is -0.496 e. The number of methoxy groups -OCH3 is 1. The lowest BCUT2D eigenvalue weighted by Crippen LogP contribution is -2.37. The summed E-state index contributed by atoms with van der Waals surface area (Å²) < 4.78 is 5.46. The number of hydrogen-bond donors (Lipinski definition) is 2. The van der Waals surface area contributed by atoms with Gasteiger partial charge in [-0.05, 0) is 38.4 Å². The van der Waals surface area contributed by atoms with Crippen molar-refractivity contribution in [1.29, 1.82) is 0 Å². The van der Waals surface area contributed by atoms with Crippen LogP contribution in [0.5, 0.6) is 5.75 Å². The molecule has 3 heteroatoms. The van der Waals surface area contributed by atoms with Crippen LogP contribution in [0.4, 0.5) is 0 Å². The molecule has 18 heavy (non-hydrogen) atoms. The summed E-state index contributed by atoms with van der Waals surface area (Å²) in [6.07, 6.45) is 0. The predicted molar refractivity (Wildman–Crippen MR) is 75.2 cm³/mol. The quantitative estimate of drug-likeness (QED) is 0.845. The first-order valence-electron chi connectivity index (χ1n) is 6.38. The Kier molecular flexibility index (Phi) is 4.77. The van der Waals surface area contributed by atoms with E-state index in [0.717, 1.165) is 11.3 Å². The van der Waals surface area contributed by atoms with Crippen molar-refractivity contribution in [3.8, 4) is 5.75 Å². The maximum Gasteiger partial charge on any atom is 0.124 e. The van der Waals surface area contributed by atoms with Gasteiger partial charge in [0, 0.05) is 5.56 Å². The normalized spacial score (nSPS) is 13.8. The Bertz CT molecular complexity index is 394. The van der Waals surface area contributed by atoms with Crippen LogP contribution in [0.15, 0.2) is 18.2 Å². The van der Waals surface area contributed by atoms with Gasteiger partial charge < -0.3 is 15.2 Å². The summed E-state index contributed by atoms with van der Waals surface area (Å²) in [5.74, 6) is 1.28. The fourth-order valence-electron chi connectivity index (χ4n) is 2.21. The van der Waals surface area contributed by atoms with Gasteiger partial charge in [0.25, 0.3) is 0 Å². The first kappa shape index (κ1) is 15.0. The highest BCUT2D eigenvalue weighted by atomic mass is 16.5. The van der Waals surface area contributed by atoms with Crippen LogP contribution in [0.2, 0.25) is 0 Å². The lowest BCUT2D eigenvalue weighted by molar-refractivity contribution is 0.0391. The van der Waals surface area contributed by atoms with E-state index in [-0.39, 0.29) is 6.04 Å². The van der Waals surface area contributed by atoms with Crippen LogP contribution < -0.4 is 10.1 Å². The lowest BCUT2D eigenvalue weighted by Gasteiger charge is -2.30. The third-order valence-corrected chi connectivity index (χ3v) is 3.23. The molecule has 0 fully saturated rings. The second-order valence-electron chi connectivity index (χ2n) is 5.53. The number of benzene rings is 1. The van der Waals surface area contributed by atoms with E-state index < -0.39 is 5.60 Å². The van der Waals surface area contributed by atoms with Crippen molar-refractivity contribution in [1.82, 2.24) is 5.32 Å². The molecule has 0 bridgehead atoms. The minimum absolute atomic E-state index is 0.159. The lowest BCUT2D eigenvalue weighted by atomic mass is 9.89. The van der Waals surface area contributed by atoms with Crippen LogP contribution in [-0.4, -0.2) is 24.9 Å². The maximum atomic E-state index is 10.2. The van der Waals surface area contributed by atoms with Crippen LogP contribution in [-0.2, 0) is 0 Å². The summed E-state index contributed by atoms with van der Waals surface area (Å²) in [5.41, 5.74) is 1.37. The van der Waals surface area contributed by atoms with E-state index in [2.05, 4.69) is 31.3 Å². The molecule has 0 saturated carbocycles. The standard InChI is InChI=1S/C15H25NO2/c1-10(2)11-7-8-12(13(9-11)18-6)14(16-5)15(3,4)17/h7-10,14,16-17H,1-6H3. The zero-order valence-electron chi connectivity index (χ0n) is 12.2. The highest BCUT2D eigenvalue weighted by molar-refractivity contribution is 5.41. The first-order chi connectivity index (χ1) is 8.31. The Morgan fingerprint density at radius 1 is 1.28 bits per heavy atom. The molecule has 1 aromatic carbocycles. The minimum atomic E-state index is -0.846. The molecule has 1 aromatic rings. The summed E-state index contributed by atoms with van der Waals surface area (Å²) in [5, 5.41) is 13.4. The number of aliphatic hydroxyl groups is 1. The topological polar surface area (TPSA) is 41.5 Å². The van der Waals surface area contributed by atoms with E-state index in [1.54, 1.807) is 21.0 Å². The number of ether oxygens (including phenoxy) is 1. The Morgan fingerprint density at radius 2 is 1.89 bits per heavy atom. The average molecular weight is 251 g/mol. The van der Waals surface area contributed by atoms with Crippen molar-refractivity contribution in [2.24, 2.45) is 0 Å². The molecule has 1 unspecified atom stereocenters. The van der Waals surface area contributed by atoms with Crippen molar-refractivity contribution >= 4 is 0 Å². The highest BCUT2D eigenvalue weighted by Crippen LogP contribution is 2.34. The summed E-state index contributed by atoms with van der Waals surface area (Å²) in [6, 6.07) is 6.02. The molecule has 0 amide bonds. The van der Waals surface area contributed by atoms with E-state index >= 15 is 0 Å². The van der Waals surface area contributed by atoms with Crippen molar-refractivity contribution < 1.29 is 9.84 Å². The average Bonchev–Trinajstić information content (AvgIpc) is 2.28. The molecule has 0 aromatic heterocycles. The maximum absolute atomic E-state index is 10.2. The first-order valence-corrected chi connectivity index (χ1v) is 6.38. The van der Waals surface area contributed by atoms with Gasteiger partial charge in [0.1, 0.15) is 5.75 Å². The number of nitrogens with one attached hydrogen (secondary N) is 1. The van der Waals surface area contributed by atoms with Crippen molar-refractivity contribution in [2.75, 3.05) is 14.2 Å². The molecule has 0 aliphatic heterocycles. The highest BCUT2D eigenvalue weighted by Gasteiger charge is 2.29. The second-order valence-corrected chi connectivity index (χ2v) is 5.53. The van der Waals surface area contributed by atoms with Gasteiger partial charge in [-0.2, -0.15) is 0 Å². The summed E-state index contributed by atoms with van der Waals surface area (Å²) in [7, 11) is 3.51. The summed E-state index contributed by atoms with van der Waals surface area (Å²) >= 11 is 0. The van der Waals surface area contributed by atoms with E-state index in [1.807, 2.05) is 13.1 Å². The van der Waals surface area contributed by atoms with E-state index in [1.165, 1.54) is 5.56 Å². The van der Waals surface area contributed by atoms with Gasteiger partial charge in [-0.3, -0.25) is 0 Å². The fourth-order valence-corrected chi connectivity index (χ4v) is 2.21. The Hall–Kier alpha value is -1.06. The number of rotatable bonds is 5. The molecular weight excluding hydrogens is 226 g/mol. The number of likely N-dealkylation sites (N-methyl/N-ethyl adjacent to an activating group) is 1. The zero-order valence-corrected chi connectivity index (χ0v) is 12.2. The Balaban J connectivity index is 3.23. The Morgan fingerprint density at radius 3 is 2.28 bits per heavy atom. The molecule has 1 rings (SSSR count). The third-order valence-electron chi connectivity index (χ3n) is 3.23. The summed E-state index contributed by atoms with van der Waals surface area (Å²) in [4.78, 5) is 0. The molecule has 1 atom stereocenters. The molecular formula is C15H25NO2. The van der Waals surface area contributed by atoms with Crippen LogP contribution >= 0.6 is 0 Å². The molecule has 102 valence electrons. The van der Waals surface area contributed by atoms with Gasteiger partial charge in [0.05, 0.1) is 18.8 Å². The molecule has 0 aliphatic carbocycles. The van der Waals surface area contributed by atoms with Crippen molar-refractivity contribution in [2.45, 2.75) is 45.3 Å². The van der Waals surface area contributed by atoms with Gasteiger partial charge in [-0.25, -0.2) is 0 Å². The van der Waals surface area contributed by atoms with Crippen LogP contribution in [0.25, 0.3) is 0 Å². The van der Waals surface area contributed by atoms with Crippen molar-refractivity contribution in [3.05, 3.63) is 29.3 Å². The SMILES string of the molecule is CNC(c1ccc(C(C)C)cc1OC)C(C)(C)O. The molecule has 0 aliphatic rings. The van der Waals surface area contributed by atoms with Gasteiger partial charge >= 0.3 is 0 Å². The fraction of sp³-hybridized carbons (Fsp3) is 0.600. The van der Waals surface area contributed by atoms with Gasteiger partial charge in [-0.15, -0.1) is 0 Å². The third kappa shape index (κ3) is 3.24. The largest absolute Gasteiger partial charge is 0.496 e. The monoisotopic (exact) mass is 251 g/mol. The van der Waals surface area contributed by atoms with Gasteiger partial charge in [0.15, 0.2) is 0 Å². The van der Waals surface area contributed by atoms with Crippen molar-refractivity contribution in [3.63, 3.8) is 0 Å². The Labute approximate surface area is 110 Å².